The Kier molecular flexibility index (Phi) is 10.8. The first-order valence-electron chi connectivity index (χ1n) is 15.3. The van der Waals surface area contributed by atoms with Crippen LogP contribution in [0.15, 0.2) is 63.8 Å². The molecule has 0 aliphatic rings. The van der Waals surface area contributed by atoms with E-state index in [1.54, 1.807) is 31.2 Å². The average Bonchev–Trinajstić information content (AvgIpc) is 2.96. The molecule has 0 fully saturated rings. The van der Waals surface area contributed by atoms with Gasteiger partial charge in [0.05, 0.1) is 23.1 Å². The van der Waals surface area contributed by atoms with Gasteiger partial charge in [-0.05, 0) is 92.3 Å². The third-order valence-electron chi connectivity index (χ3n) is 7.27. The minimum atomic E-state index is -5.07. The van der Waals surface area contributed by atoms with E-state index in [4.69, 9.17) is 18.6 Å². The Balaban J connectivity index is 1.90. The molecule has 0 spiro atoms. The van der Waals surface area contributed by atoms with Gasteiger partial charge in [0.25, 0.3) is 5.76 Å². The van der Waals surface area contributed by atoms with Crippen LogP contribution in [-0.4, -0.2) is 30.6 Å². The number of alkyl halides is 3. The Hall–Kier alpha value is -4.31. The van der Waals surface area contributed by atoms with E-state index in [0.717, 1.165) is 11.1 Å². The maximum Gasteiger partial charge on any atom is 0.453 e. The molecule has 0 bridgehead atoms. The Morgan fingerprint density at radius 2 is 1.52 bits per heavy atom. The van der Waals surface area contributed by atoms with Gasteiger partial charge in [-0.3, -0.25) is 9.69 Å². The van der Waals surface area contributed by atoms with Gasteiger partial charge >= 0.3 is 12.1 Å². The zero-order valence-electron chi connectivity index (χ0n) is 27.2. The van der Waals surface area contributed by atoms with E-state index in [1.165, 1.54) is 30.3 Å². The second kappa shape index (κ2) is 14.4. The highest BCUT2D eigenvalue weighted by Gasteiger charge is 2.41. The van der Waals surface area contributed by atoms with E-state index in [2.05, 4.69) is 0 Å². The summed E-state index contributed by atoms with van der Waals surface area (Å²) in [5.74, 6) is -2.18. The predicted molar refractivity (Wildman–Crippen MR) is 171 cm³/mol. The lowest BCUT2D eigenvalue weighted by molar-refractivity contribution is -0.154. The molecular formula is C36H40F3NO6. The number of aryl methyl sites for hydroxylation is 2. The van der Waals surface area contributed by atoms with E-state index in [0.29, 0.717) is 25.4 Å². The van der Waals surface area contributed by atoms with Crippen LogP contribution in [0.4, 0.5) is 13.2 Å². The summed E-state index contributed by atoms with van der Waals surface area (Å²) in [6.07, 6.45) is -5.07. The maximum atomic E-state index is 14.5. The summed E-state index contributed by atoms with van der Waals surface area (Å²) in [6.45, 7) is 15.3. The van der Waals surface area contributed by atoms with Gasteiger partial charge < -0.3 is 18.6 Å². The number of benzene rings is 3. The predicted octanol–water partition coefficient (Wildman–Crippen LogP) is 8.95. The van der Waals surface area contributed by atoms with Gasteiger partial charge in [-0.15, -0.1) is 0 Å². The van der Waals surface area contributed by atoms with Crippen molar-refractivity contribution >= 4 is 16.9 Å². The molecule has 0 atom stereocenters. The van der Waals surface area contributed by atoms with Crippen LogP contribution in [0.3, 0.4) is 0 Å². The van der Waals surface area contributed by atoms with Crippen LogP contribution in [0.2, 0.25) is 0 Å². The van der Waals surface area contributed by atoms with Gasteiger partial charge in [0.2, 0.25) is 11.2 Å². The van der Waals surface area contributed by atoms with Crippen molar-refractivity contribution in [2.24, 2.45) is 11.8 Å². The number of carbonyl (C=O) groups excluding carboxylic acids is 1. The van der Waals surface area contributed by atoms with Crippen molar-refractivity contribution in [3.05, 3.63) is 92.8 Å². The molecule has 0 amide bonds. The van der Waals surface area contributed by atoms with Crippen molar-refractivity contribution in [2.45, 2.75) is 61.2 Å². The lowest BCUT2D eigenvalue weighted by Gasteiger charge is -2.27. The van der Waals surface area contributed by atoms with E-state index in [-0.39, 0.29) is 52.0 Å². The molecule has 246 valence electrons. The molecule has 0 radical (unpaired) electrons. The lowest BCUT2D eigenvalue weighted by Crippen LogP contribution is -2.31. The molecule has 0 saturated heterocycles. The highest BCUT2D eigenvalue weighted by atomic mass is 19.4. The summed E-state index contributed by atoms with van der Waals surface area (Å²) in [4.78, 5) is 29.1. The Bertz CT molecular complexity index is 1730. The fraction of sp³-hybridized carbons (Fsp3) is 0.389. The molecule has 3 aromatic carbocycles. The van der Waals surface area contributed by atoms with Crippen LogP contribution >= 0.6 is 0 Å². The highest BCUT2D eigenvalue weighted by molar-refractivity contribution is 5.92. The standard InChI is InChI=1S/C36H40F3NO6/c1-8-43-26-13-10-25(11-14-26)35(42)45-30-16-15-28-31(41)33(44-27-12-9-23(6)24(7)17-27)34(36(37,38)39)46-32(28)29(30)20-40(18-21(2)3)19-22(4)5/h9-17,21-22H,8,18-20H2,1-7H3. The molecule has 0 saturated carbocycles. The molecule has 0 aliphatic carbocycles. The Morgan fingerprint density at radius 3 is 2.09 bits per heavy atom. The molecule has 10 heteroatoms. The molecule has 4 rings (SSSR count). The van der Waals surface area contributed by atoms with Crippen molar-refractivity contribution in [3.63, 3.8) is 0 Å². The minimum absolute atomic E-state index is 0.0111. The minimum Gasteiger partial charge on any atom is -0.494 e. The van der Waals surface area contributed by atoms with Crippen LogP contribution in [0.5, 0.6) is 23.0 Å². The first-order valence-corrected chi connectivity index (χ1v) is 15.3. The van der Waals surface area contributed by atoms with Crippen molar-refractivity contribution in [2.75, 3.05) is 19.7 Å². The Morgan fingerprint density at radius 1 is 0.891 bits per heavy atom. The lowest BCUT2D eigenvalue weighted by atomic mass is 10.1. The highest BCUT2D eigenvalue weighted by Crippen LogP contribution is 2.40. The van der Waals surface area contributed by atoms with Gasteiger partial charge in [-0.1, -0.05) is 33.8 Å². The SMILES string of the molecule is CCOc1ccc(C(=O)Oc2ccc3c(=O)c(Oc4ccc(C)c(C)c4)c(C(F)(F)F)oc3c2CN(CC(C)C)CC(C)C)cc1. The van der Waals surface area contributed by atoms with Crippen molar-refractivity contribution in [3.8, 4) is 23.0 Å². The van der Waals surface area contributed by atoms with E-state index < -0.39 is 29.1 Å². The normalized spacial score (nSPS) is 11.9. The van der Waals surface area contributed by atoms with Crippen molar-refractivity contribution < 1.29 is 36.6 Å². The molecule has 1 aromatic heterocycles. The third kappa shape index (κ3) is 8.28. The number of carbonyl (C=O) groups is 1. The second-order valence-corrected chi connectivity index (χ2v) is 12.2. The third-order valence-corrected chi connectivity index (χ3v) is 7.27. The number of hydrogen-bond acceptors (Lipinski definition) is 7. The second-order valence-electron chi connectivity index (χ2n) is 12.2. The van der Waals surface area contributed by atoms with Gasteiger partial charge in [0, 0.05) is 19.6 Å². The number of esters is 1. The zero-order valence-corrected chi connectivity index (χ0v) is 27.2. The quantitative estimate of drug-likeness (QED) is 0.113. The van der Waals surface area contributed by atoms with Crippen LogP contribution in [0.25, 0.3) is 11.0 Å². The maximum absolute atomic E-state index is 14.5. The number of hydrogen-bond donors (Lipinski definition) is 0. The topological polar surface area (TPSA) is 78.2 Å². The summed E-state index contributed by atoms with van der Waals surface area (Å²) < 4.78 is 66.0. The van der Waals surface area contributed by atoms with E-state index >= 15 is 0 Å². The van der Waals surface area contributed by atoms with Crippen LogP contribution in [0, 0.1) is 25.7 Å². The van der Waals surface area contributed by atoms with Gasteiger partial charge in [0.15, 0.2) is 0 Å². The molecule has 46 heavy (non-hydrogen) atoms. The fourth-order valence-electron chi connectivity index (χ4n) is 5.17. The Labute approximate surface area is 266 Å². The number of rotatable bonds is 12. The summed E-state index contributed by atoms with van der Waals surface area (Å²) in [7, 11) is 0. The first-order chi connectivity index (χ1) is 21.7. The summed E-state index contributed by atoms with van der Waals surface area (Å²) in [5.41, 5.74) is 0.755. The van der Waals surface area contributed by atoms with Gasteiger partial charge in [-0.2, -0.15) is 13.2 Å². The average molecular weight is 640 g/mol. The zero-order chi connectivity index (χ0) is 33.8. The monoisotopic (exact) mass is 639 g/mol. The van der Waals surface area contributed by atoms with Gasteiger partial charge in [0.1, 0.15) is 22.8 Å². The van der Waals surface area contributed by atoms with E-state index in [9.17, 15) is 22.8 Å². The smallest absolute Gasteiger partial charge is 0.453 e. The van der Waals surface area contributed by atoms with Gasteiger partial charge in [-0.25, -0.2) is 4.79 Å². The fourth-order valence-corrected chi connectivity index (χ4v) is 5.17. The number of fused-ring (bicyclic) bond motifs is 1. The molecule has 0 N–H and O–H groups in total. The van der Waals surface area contributed by atoms with Crippen LogP contribution in [-0.2, 0) is 12.7 Å². The molecule has 0 unspecified atom stereocenters. The number of halogens is 3. The van der Waals surface area contributed by atoms with Crippen molar-refractivity contribution in [1.82, 2.24) is 4.90 Å². The summed E-state index contributed by atoms with van der Waals surface area (Å²) in [5, 5.41) is -0.128. The molecule has 1 heterocycles. The molecule has 7 nitrogen and oxygen atoms in total. The number of ether oxygens (including phenoxy) is 3. The van der Waals surface area contributed by atoms with Crippen LogP contribution in [0.1, 0.15) is 67.4 Å². The molecule has 4 aromatic rings. The summed E-state index contributed by atoms with van der Waals surface area (Å²) >= 11 is 0. The molecular weight excluding hydrogens is 599 g/mol. The molecule has 0 aliphatic heterocycles. The van der Waals surface area contributed by atoms with E-state index in [1.807, 2.05) is 46.4 Å². The summed E-state index contributed by atoms with van der Waals surface area (Å²) in [6, 6.07) is 13.8. The number of nitrogens with zero attached hydrogens (tertiary/aromatic N) is 1. The largest absolute Gasteiger partial charge is 0.494 e. The van der Waals surface area contributed by atoms with Crippen LogP contribution < -0.4 is 19.6 Å². The van der Waals surface area contributed by atoms with Crippen molar-refractivity contribution in [1.29, 1.82) is 0 Å². The first kappa shape index (κ1) is 34.6.